The molecule has 0 radical (unpaired) electrons. The van der Waals surface area contributed by atoms with Crippen LogP contribution in [0.25, 0.3) is 6.08 Å². The van der Waals surface area contributed by atoms with Crippen molar-refractivity contribution in [2.45, 2.75) is 43.7 Å². The number of phenols is 1. The number of halogens is 1. The van der Waals surface area contributed by atoms with Crippen molar-refractivity contribution in [1.82, 2.24) is 5.32 Å². The van der Waals surface area contributed by atoms with Crippen LogP contribution in [0.5, 0.6) is 5.75 Å². The summed E-state index contributed by atoms with van der Waals surface area (Å²) in [4.78, 5) is 12.4. The van der Waals surface area contributed by atoms with Gasteiger partial charge in [0.15, 0.2) is 0 Å². The van der Waals surface area contributed by atoms with Crippen molar-refractivity contribution in [2.75, 3.05) is 6.54 Å². The number of carbonyl (C=O) groups is 1. The number of nitrogens with two attached hydrogens (primary N) is 1. The lowest BCUT2D eigenvalue weighted by Gasteiger charge is -2.44. The Morgan fingerprint density at radius 3 is 2.59 bits per heavy atom. The molecule has 1 saturated heterocycles. The quantitative estimate of drug-likeness (QED) is 0.348. The highest BCUT2D eigenvalue weighted by Crippen LogP contribution is 2.41. The van der Waals surface area contributed by atoms with Crippen LogP contribution in [0.4, 0.5) is 4.39 Å². The molecule has 0 aromatic heterocycles. The number of hydrogen-bond donors (Lipinski definition) is 3. The second kappa shape index (κ2) is 10.3. The lowest BCUT2D eigenvalue weighted by atomic mass is 9.68. The summed E-state index contributed by atoms with van der Waals surface area (Å²) in [6.07, 6.45) is 4.89. The molecule has 1 fully saturated rings. The highest BCUT2D eigenvalue weighted by atomic mass is 19.1. The molecule has 1 aliphatic rings. The van der Waals surface area contributed by atoms with Crippen LogP contribution >= 0.6 is 0 Å². The summed E-state index contributed by atoms with van der Waals surface area (Å²) in [7, 11) is 0. The summed E-state index contributed by atoms with van der Waals surface area (Å²) in [5, 5.41) is 13.4. The van der Waals surface area contributed by atoms with Crippen molar-refractivity contribution in [1.29, 1.82) is 0 Å². The maximum absolute atomic E-state index is 13.3. The van der Waals surface area contributed by atoms with Crippen molar-refractivity contribution in [3.63, 3.8) is 0 Å². The third-order valence-electron chi connectivity index (χ3n) is 6.69. The summed E-state index contributed by atoms with van der Waals surface area (Å²) in [6, 6.07) is 21.6. The molecule has 5 heteroatoms. The zero-order valence-corrected chi connectivity index (χ0v) is 19.4. The molecule has 4 rings (SSSR count). The minimum atomic E-state index is -0.677. The third kappa shape index (κ3) is 5.61. The molecule has 3 aromatic rings. The van der Waals surface area contributed by atoms with Crippen LogP contribution < -0.4 is 11.1 Å². The summed E-state index contributed by atoms with van der Waals surface area (Å²) < 4.78 is 13.3. The van der Waals surface area contributed by atoms with Crippen molar-refractivity contribution < 1.29 is 14.3 Å². The highest BCUT2D eigenvalue weighted by Gasteiger charge is 2.42. The van der Waals surface area contributed by atoms with E-state index in [1.165, 1.54) is 12.1 Å². The van der Waals surface area contributed by atoms with Gasteiger partial charge in [0.2, 0.25) is 0 Å². The van der Waals surface area contributed by atoms with Gasteiger partial charge in [0, 0.05) is 23.1 Å². The number of aryl methyl sites for hydroxylation is 1. The van der Waals surface area contributed by atoms with Gasteiger partial charge in [0.25, 0.3) is 0 Å². The molecule has 0 amide bonds. The highest BCUT2D eigenvalue weighted by molar-refractivity contribution is 5.84. The minimum absolute atomic E-state index is 0.0932. The topological polar surface area (TPSA) is 75.3 Å². The Morgan fingerprint density at radius 1 is 1.18 bits per heavy atom. The van der Waals surface area contributed by atoms with E-state index in [0.717, 1.165) is 35.0 Å². The number of phenolic OH excluding ortho intramolecular Hbond substituents is 1. The van der Waals surface area contributed by atoms with Crippen molar-refractivity contribution in [2.24, 2.45) is 5.73 Å². The predicted octanol–water partition coefficient (Wildman–Crippen LogP) is 4.90. The van der Waals surface area contributed by atoms with Gasteiger partial charge < -0.3 is 16.2 Å². The van der Waals surface area contributed by atoms with Crippen LogP contribution in [0, 0.1) is 12.7 Å². The van der Waals surface area contributed by atoms with Crippen LogP contribution in [0.2, 0.25) is 0 Å². The Kier molecular flexibility index (Phi) is 7.25. The normalized spacial score (nSPS) is 21.7. The molecule has 3 atom stereocenters. The van der Waals surface area contributed by atoms with Crippen LogP contribution in [0.1, 0.15) is 41.0 Å². The van der Waals surface area contributed by atoms with E-state index < -0.39 is 5.54 Å². The van der Waals surface area contributed by atoms with Crippen LogP contribution in [-0.2, 0) is 11.2 Å². The van der Waals surface area contributed by atoms with Gasteiger partial charge in [-0.2, -0.15) is 0 Å². The molecule has 0 saturated carbocycles. The molecule has 34 heavy (non-hydrogen) atoms. The number of aldehydes is 1. The van der Waals surface area contributed by atoms with Crippen molar-refractivity contribution >= 4 is 12.4 Å². The van der Waals surface area contributed by atoms with Gasteiger partial charge in [-0.3, -0.25) is 4.79 Å². The number of benzene rings is 3. The van der Waals surface area contributed by atoms with Crippen LogP contribution in [0.3, 0.4) is 0 Å². The monoisotopic (exact) mass is 458 g/mol. The number of piperidine rings is 1. The average molecular weight is 459 g/mol. The first-order valence-corrected chi connectivity index (χ1v) is 11.7. The summed E-state index contributed by atoms with van der Waals surface area (Å²) in [5.41, 5.74) is 11.1. The molecule has 0 aliphatic carbocycles. The maximum atomic E-state index is 13.3. The van der Waals surface area contributed by atoms with Gasteiger partial charge in [-0.15, -0.1) is 0 Å². The van der Waals surface area contributed by atoms with Gasteiger partial charge in [-0.1, -0.05) is 54.1 Å². The Labute approximate surface area is 200 Å². The fourth-order valence-electron chi connectivity index (χ4n) is 5.11. The summed E-state index contributed by atoms with van der Waals surface area (Å²) >= 11 is 0. The zero-order chi connectivity index (χ0) is 24.1. The molecule has 4 nitrogen and oxygen atoms in total. The number of aromatic hydroxyl groups is 1. The molecular formula is C29H31FN2O2. The van der Waals surface area contributed by atoms with E-state index >= 15 is 0 Å². The van der Waals surface area contributed by atoms with E-state index in [1.807, 2.05) is 49.4 Å². The predicted molar refractivity (Wildman–Crippen MR) is 134 cm³/mol. The number of hydrogen-bond acceptors (Lipinski definition) is 4. The lowest BCUT2D eigenvalue weighted by molar-refractivity contribution is -0.105. The van der Waals surface area contributed by atoms with Gasteiger partial charge >= 0.3 is 0 Å². The first kappa shape index (κ1) is 23.9. The van der Waals surface area contributed by atoms with Crippen LogP contribution in [0.15, 0.2) is 78.4 Å². The van der Waals surface area contributed by atoms with Crippen molar-refractivity contribution in [3.8, 4) is 5.75 Å². The molecule has 176 valence electrons. The molecule has 3 aromatic carbocycles. The molecular weight excluding hydrogens is 427 g/mol. The first-order valence-electron chi connectivity index (χ1n) is 11.7. The number of nitrogens with one attached hydrogen (secondary N) is 1. The lowest BCUT2D eigenvalue weighted by Crippen LogP contribution is -2.57. The Hall–Kier alpha value is -3.28. The number of carbonyl (C=O) groups excluding carboxylic acids is 1. The second-order valence-corrected chi connectivity index (χ2v) is 9.37. The molecule has 1 aliphatic heterocycles. The van der Waals surface area contributed by atoms with Gasteiger partial charge in [-0.05, 0) is 79.8 Å². The Morgan fingerprint density at radius 2 is 1.91 bits per heavy atom. The van der Waals surface area contributed by atoms with Gasteiger partial charge in [0.05, 0.1) is 0 Å². The maximum Gasteiger partial charge on any atom is 0.146 e. The summed E-state index contributed by atoms with van der Waals surface area (Å²) in [6.45, 7) is 2.74. The molecule has 1 heterocycles. The van der Waals surface area contributed by atoms with E-state index in [9.17, 15) is 14.3 Å². The van der Waals surface area contributed by atoms with E-state index in [-0.39, 0.29) is 23.5 Å². The standard InChI is InChI=1S/C29H31FN2O2/c1-20-3-2-4-22(15-20)16-24(19-33)28(23-7-11-27(34)12-8-23)29(31)13-14-32-26(18-29)17-21-5-9-25(30)10-6-21/h2-12,15-16,19,26,28,32,34H,13-14,17-18,31H2,1H3/b24-16+. The minimum Gasteiger partial charge on any atom is -0.508 e. The molecule has 4 N–H and O–H groups in total. The Balaban J connectivity index is 1.70. The van der Waals surface area contributed by atoms with E-state index in [1.54, 1.807) is 24.3 Å². The molecule has 0 bridgehead atoms. The number of rotatable bonds is 7. The second-order valence-electron chi connectivity index (χ2n) is 9.37. The first-order chi connectivity index (χ1) is 16.4. The van der Waals surface area contributed by atoms with E-state index in [0.29, 0.717) is 25.0 Å². The Bertz CT molecular complexity index is 1160. The van der Waals surface area contributed by atoms with Gasteiger partial charge in [0.1, 0.15) is 17.9 Å². The third-order valence-corrected chi connectivity index (χ3v) is 6.69. The SMILES string of the molecule is Cc1cccc(/C=C(\C=O)C(c2ccc(O)cc2)C2(N)CCNC(Cc3ccc(F)cc3)C2)c1. The van der Waals surface area contributed by atoms with E-state index in [2.05, 4.69) is 5.32 Å². The molecule has 0 spiro atoms. The van der Waals surface area contributed by atoms with Gasteiger partial charge in [-0.25, -0.2) is 4.39 Å². The molecule has 3 unspecified atom stereocenters. The average Bonchev–Trinajstić information content (AvgIpc) is 2.81. The zero-order valence-electron chi connectivity index (χ0n) is 19.4. The smallest absolute Gasteiger partial charge is 0.146 e. The summed E-state index contributed by atoms with van der Waals surface area (Å²) in [5.74, 6) is -0.426. The van der Waals surface area contributed by atoms with Crippen LogP contribution in [-0.4, -0.2) is 29.5 Å². The largest absolute Gasteiger partial charge is 0.508 e. The fraction of sp³-hybridized carbons (Fsp3) is 0.276. The van der Waals surface area contributed by atoms with E-state index in [4.69, 9.17) is 5.73 Å². The fourth-order valence-corrected chi connectivity index (χ4v) is 5.11. The van der Waals surface area contributed by atoms with Crippen molar-refractivity contribution in [3.05, 3.63) is 106 Å².